The van der Waals surface area contributed by atoms with E-state index in [0.717, 1.165) is 29.0 Å². The molecule has 4 rings (SSSR count). The minimum atomic E-state index is -0.139. The first-order chi connectivity index (χ1) is 14.2. The third-order valence-electron chi connectivity index (χ3n) is 4.98. The largest absolute Gasteiger partial charge is 0.467 e. The van der Waals surface area contributed by atoms with Crippen LogP contribution in [-0.2, 0) is 17.8 Å². The van der Waals surface area contributed by atoms with Gasteiger partial charge in [0.25, 0.3) is 5.91 Å². The van der Waals surface area contributed by atoms with Gasteiger partial charge in [-0.1, -0.05) is 37.3 Å². The van der Waals surface area contributed by atoms with E-state index in [9.17, 15) is 9.59 Å². The van der Waals surface area contributed by atoms with Crippen LogP contribution in [0, 0.1) is 0 Å². The first kappa shape index (κ1) is 19.3. The Morgan fingerprint density at radius 3 is 2.66 bits per heavy atom. The third-order valence-corrected chi connectivity index (χ3v) is 6.23. The number of hydrogen-bond acceptors (Lipinski definition) is 4. The van der Waals surface area contributed by atoms with Crippen molar-refractivity contribution in [3.63, 3.8) is 0 Å². The number of benzene rings is 2. The van der Waals surface area contributed by atoms with Gasteiger partial charge in [-0.2, -0.15) is 0 Å². The number of hydrogen-bond donors (Lipinski definition) is 1. The van der Waals surface area contributed by atoms with Crippen LogP contribution in [0.4, 0.5) is 5.69 Å². The van der Waals surface area contributed by atoms with Crippen molar-refractivity contribution < 1.29 is 14.0 Å². The van der Waals surface area contributed by atoms with E-state index in [1.165, 1.54) is 0 Å². The number of nitrogens with zero attached hydrogens (tertiary/aromatic N) is 1. The lowest BCUT2D eigenvalue weighted by atomic mass is 10.1. The molecule has 1 aromatic heterocycles. The highest BCUT2D eigenvalue weighted by Crippen LogP contribution is 2.39. The van der Waals surface area contributed by atoms with Crippen molar-refractivity contribution in [3.8, 4) is 0 Å². The van der Waals surface area contributed by atoms with Gasteiger partial charge in [-0.05, 0) is 47.9 Å². The summed E-state index contributed by atoms with van der Waals surface area (Å²) in [5, 5.41) is 2.91. The average molecular weight is 407 g/mol. The molecule has 0 saturated carbocycles. The molecule has 2 aromatic carbocycles. The quantitative estimate of drug-likeness (QED) is 0.634. The molecule has 6 heteroatoms. The maximum atomic E-state index is 12.6. The zero-order valence-electron chi connectivity index (χ0n) is 16.1. The van der Waals surface area contributed by atoms with E-state index < -0.39 is 0 Å². The maximum Gasteiger partial charge on any atom is 0.255 e. The number of amides is 2. The van der Waals surface area contributed by atoms with Crippen LogP contribution in [0.5, 0.6) is 0 Å². The van der Waals surface area contributed by atoms with Crippen LogP contribution in [0.15, 0.2) is 71.3 Å². The standard InChI is InChI=1S/C23H22N2O3S/c1-2-16-6-3-4-8-20(16)24-22(27)17-9-11-18(12-10-17)23-25(21(26)15-29-23)14-19-7-5-13-28-19/h3-13,23H,2,14-15H2,1H3,(H,24,27). The fourth-order valence-corrected chi connectivity index (χ4v) is 4.60. The smallest absolute Gasteiger partial charge is 0.255 e. The highest BCUT2D eigenvalue weighted by Gasteiger charge is 2.33. The number of carbonyl (C=O) groups excluding carboxylic acids is 2. The lowest BCUT2D eigenvalue weighted by Crippen LogP contribution is -2.27. The van der Waals surface area contributed by atoms with Crippen LogP contribution in [-0.4, -0.2) is 22.5 Å². The molecule has 1 saturated heterocycles. The Kier molecular flexibility index (Phi) is 5.71. The fraction of sp³-hybridized carbons (Fsp3) is 0.217. The molecule has 2 heterocycles. The molecule has 2 amide bonds. The molecule has 0 aliphatic carbocycles. The molecular formula is C23H22N2O3S. The molecule has 1 unspecified atom stereocenters. The van der Waals surface area contributed by atoms with Gasteiger partial charge in [-0.3, -0.25) is 9.59 Å². The highest BCUT2D eigenvalue weighted by atomic mass is 32.2. The molecule has 5 nitrogen and oxygen atoms in total. The predicted molar refractivity (Wildman–Crippen MR) is 115 cm³/mol. The van der Waals surface area contributed by atoms with Crippen LogP contribution in [0.25, 0.3) is 0 Å². The van der Waals surface area contributed by atoms with Crippen molar-refractivity contribution in [1.29, 1.82) is 0 Å². The molecule has 29 heavy (non-hydrogen) atoms. The van der Waals surface area contributed by atoms with Gasteiger partial charge in [0.2, 0.25) is 5.91 Å². The Balaban J connectivity index is 1.48. The van der Waals surface area contributed by atoms with Gasteiger partial charge in [-0.25, -0.2) is 0 Å². The van der Waals surface area contributed by atoms with Crippen LogP contribution < -0.4 is 5.32 Å². The number of rotatable bonds is 6. The van der Waals surface area contributed by atoms with Crippen molar-refractivity contribution in [2.75, 3.05) is 11.1 Å². The Bertz CT molecular complexity index is 999. The normalized spacial score (nSPS) is 16.2. The topological polar surface area (TPSA) is 62.6 Å². The van der Waals surface area contributed by atoms with E-state index >= 15 is 0 Å². The Labute approximate surface area is 174 Å². The lowest BCUT2D eigenvalue weighted by Gasteiger charge is -2.23. The number of furan rings is 1. The van der Waals surface area contributed by atoms with Crippen molar-refractivity contribution in [1.82, 2.24) is 4.90 Å². The van der Waals surface area contributed by atoms with Gasteiger partial charge in [-0.15, -0.1) is 11.8 Å². The predicted octanol–water partition coefficient (Wildman–Crippen LogP) is 4.87. The van der Waals surface area contributed by atoms with Crippen molar-refractivity contribution in [2.45, 2.75) is 25.3 Å². The summed E-state index contributed by atoms with van der Waals surface area (Å²) in [6.07, 6.45) is 2.47. The zero-order valence-corrected chi connectivity index (χ0v) is 16.9. The van der Waals surface area contributed by atoms with E-state index in [1.54, 1.807) is 18.0 Å². The number of thioether (sulfide) groups is 1. The monoisotopic (exact) mass is 406 g/mol. The van der Waals surface area contributed by atoms with Gasteiger partial charge in [0.1, 0.15) is 11.1 Å². The van der Waals surface area contributed by atoms with Crippen LogP contribution >= 0.6 is 11.8 Å². The van der Waals surface area contributed by atoms with E-state index in [1.807, 2.05) is 65.6 Å². The first-order valence-corrected chi connectivity index (χ1v) is 10.6. The second-order valence-electron chi connectivity index (χ2n) is 6.85. The molecular weight excluding hydrogens is 384 g/mol. The molecule has 1 aliphatic rings. The lowest BCUT2D eigenvalue weighted by molar-refractivity contribution is -0.128. The molecule has 148 valence electrons. The molecule has 1 fully saturated rings. The summed E-state index contributed by atoms with van der Waals surface area (Å²) in [4.78, 5) is 26.8. The second-order valence-corrected chi connectivity index (χ2v) is 7.92. The van der Waals surface area contributed by atoms with Gasteiger partial charge < -0.3 is 14.6 Å². The van der Waals surface area contributed by atoms with Crippen molar-refractivity contribution >= 4 is 29.3 Å². The first-order valence-electron chi connectivity index (χ1n) is 9.58. The zero-order chi connectivity index (χ0) is 20.2. The highest BCUT2D eigenvalue weighted by molar-refractivity contribution is 8.00. The summed E-state index contributed by atoms with van der Waals surface area (Å²) in [6.45, 7) is 2.51. The van der Waals surface area contributed by atoms with Crippen LogP contribution in [0.3, 0.4) is 0 Å². The van der Waals surface area contributed by atoms with Gasteiger partial charge >= 0.3 is 0 Å². The minimum absolute atomic E-state index is 0.0782. The summed E-state index contributed by atoms with van der Waals surface area (Å²) in [5.74, 6) is 1.16. The Morgan fingerprint density at radius 1 is 1.14 bits per heavy atom. The molecule has 0 radical (unpaired) electrons. The van der Waals surface area contributed by atoms with E-state index in [4.69, 9.17) is 4.42 Å². The number of aryl methyl sites for hydroxylation is 1. The summed E-state index contributed by atoms with van der Waals surface area (Å²) in [6, 6.07) is 19.0. The molecule has 0 spiro atoms. The number of carbonyl (C=O) groups is 2. The van der Waals surface area contributed by atoms with Gasteiger partial charge in [0.05, 0.1) is 18.6 Å². The third kappa shape index (κ3) is 4.22. The molecule has 0 bridgehead atoms. The number of para-hydroxylation sites is 1. The van der Waals surface area contributed by atoms with Crippen LogP contribution in [0.1, 0.15) is 39.5 Å². The van der Waals surface area contributed by atoms with E-state index in [0.29, 0.717) is 17.9 Å². The van der Waals surface area contributed by atoms with Crippen molar-refractivity contribution in [2.24, 2.45) is 0 Å². The number of nitrogens with one attached hydrogen (secondary N) is 1. The Morgan fingerprint density at radius 2 is 1.93 bits per heavy atom. The molecule has 3 aromatic rings. The Hall–Kier alpha value is -2.99. The van der Waals surface area contributed by atoms with Gasteiger partial charge in [0.15, 0.2) is 0 Å². The van der Waals surface area contributed by atoms with Crippen LogP contribution in [0.2, 0.25) is 0 Å². The minimum Gasteiger partial charge on any atom is -0.467 e. The summed E-state index contributed by atoms with van der Waals surface area (Å²) in [7, 11) is 0. The van der Waals surface area contributed by atoms with Gasteiger partial charge in [0, 0.05) is 11.3 Å². The maximum absolute atomic E-state index is 12.6. The number of anilines is 1. The second kappa shape index (κ2) is 8.57. The molecule has 1 aliphatic heterocycles. The van der Waals surface area contributed by atoms with E-state index in [2.05, 4.69) is 12.2 Å². The average Bonchev–Trinajstić information content (AvgIpc) is 3.39. The van der Waals surface area contributed by atoms with Crippen molar-refractivity contribution in [3.05, 3.63) is 89.4 Å². The summed E-state index contributed by atoms with van der Waals surface area (Å²) < 4.78 is 5.40. The molecule has 1 atom stereocenters. The fourth-order valence-electron chi connectivity index (χ4n) is 3.42. The summed E-state index contributed by atoms with van der Waals surface area (Å²) >= 11 is 1.59. The van der Waals surface area contributed by atoms with E-state index in [-0.39, 0.29) is 17.2 Å². The molecule has 1 N–H and O–H groups in total. The summed E-state index contributed by atoms with van der Waals surface area (Å²) in [5.41, 5.74) is 3.53. The SMILES string of the molecule is CCc1ccccc1NC(=O)c1ccc(C2SCC(=O)N2Cc2ccco2)cc1.